The maximum atomic E-state index is 14.3. The average molecular weight is 667 g/mol. The van der Waals surface area contributed by atoms with Gasteiger partial charge in [-0.05, 0) is 66.1 Å². The Morgan fingerprint density at radius 2 is 1.90 bits per heavy atom. The standard InChI is InChI=1S/C35H42N2O11/c1-36-13-19-8-5-9-22-24(19)14-37(33(22)44)15-25(40)29-23(18-6-3-4-7-18)11-20-10-21(46-2)12-26(28(20)31(29)42)47-34-35(45,17-39)32(43)30(41)27(16-38)48-34/h5,8-12,18,27,30,32,34,36,38-39,41-43,45H,3-4,6-7,13-17H2,1-2H3. The summed E-state index contributed by atoms with van der Waals surface area (Å²) in [5.74, 6) is -0.980. The van der Waals surface area contributed by atoms with E-state index in [1.54, 1.807) is 18.2 Å². The van der Waals surface area contributed by atoms with Crippen molar-refractivity contribution < 1.29 is 54.4 Å². The molecule has 0 spiro atoms. The van der Waals surface area contributed by atoms with Crippen LogP contribution in [0.25, 0.3) is 10.8 Å². The number of ketones is 1. The zero-order chi connectivity index (χ0) is 34.3. The number of carbonyl (C=O) groups is 2. The maximum absolute atomic E-state index is 14.3. The number of rotatable bonds is 11. The molecule has 0 bridgehead atoms. The van der Waals surface area contributed by atoms with Gasteiger partial charge in [0, 0.05) is 24.7 Å². The Morgan fingerprint density at radius 3 is 2.56 bits per heavy atom. The molecule has 2 aliphatic heterocycles. The number of hydrogen-bond acceptors (Lipinski definition) is 12. The number of aliphatic hydroxyl groups excluding tert-OH is 4. The van der Waals surface area contributed by atoms with Crippen molar-refractivity contribution in [3.8, 4) is 17.2 Å². The van der Waals surface area contributed by atoms with Gasteiger partial charge in [-0.25, -0.2) is 0 Å². The second-order valence-corrected chi connectivity index (χ2v) is 12.8. The number of nitrogens with one attached hydrogen (secondary N) is 1. The third-order valence-electron chi connectivity index (χ3n) is 9.92. The number of ether oxygens (including phenoxy) is 3. The Labute approximate surface area is 277 Å². The zero-order valence-corrected chi connectivity index (χ0v) is 26.9. The van der Waals surface area contributed by atoms with Crippen molar-refractivity contribution in [2.24, 2.45) is 0 Å². The van der Waals surface area contributed by atoms with Gasteiger partial charge in [0.05, 0.1) is 37.8 Å². The monoisotopic (exact) mass is 666 g/mol. The summed E-state index contributed by atoms with van der Waals surface area (Å²) in [6.07, 6.45) is -3.38. The molecule has 13 heteroatoms. The SMILES string of the molecule is CNCc1cccc2c1CN(CC(=O)c1c(C3CCCC3)cc3cc(OC)cc(OC4OC(CO)C(O)C(O)C4(O)CO)c3c1O)C2=O. The molecule has 48 heavy (non-hydrogen) atoms. The van der Waals surface area contributed by atoms with Crippen LogP contribution in [-0.2, 0) is 17.8 Å². The van der Waals surface area contributed by atoms with Crippen molar-refractivity contribution in [2.45, 2.75) is 74.9 Å². The van der Waals surface area contributed by atoms with Crippen LogP contribution in [0, 0.1) is 0 Å². The number of hydrogen-bond donors (Lipinski definition) is 7. The van der Waals surface area contributed by atoms with Gasteiger partial charge in [0.15, 0.2) is 11.4 Å². The summed E-state index contributed by atoms with van der Waals surface area (Å²) in [4.78, 5) is 29.2. The summed E-state index contributed by atoms with van der Waals surface area (Å²) >= 11 is 0. The molecular weight excluding hydrogens is 624 g/mol. The topological polar surface area (TPSA) is 198 Å². The summed E-state index contributed by atoms with van der Waals surface area (Å²) in [6.45, 7) is -1.29. The minimum atomic E-state index is -2.53. The highest BCUT2D eigenvalue weighted by Gasteiger charge is 2.56. The zero-order valence-electron chi connectivity index (χ0n) is 26.9. The lowest BCUT2D eigenvalue weighted by molar-refractivity contribution is -0.327. The van der Waals surface area contributed by atoms with Crippen LogP contribution in [0.4, 0.5) is 0 Å². The van der Waals surface area contributed by atoms with E-state index in [-0.39, 0.29) is 41.6 Å². The molecule has 2 fully saturated rings. The molecule has 3 aliphatic rings. The van der Waals surface area contributed by atoms with Crippen molar-refractivity contribution in [1.29, 1.82) is 0 Å². The lowest BCUT2D eigenvalue weighted by Gasteiger charge is -2.46. The number of carbonyl (C=O) groups excluding carboxylic acids is 2. The van der Waals surface area contributed by atoms with Crippen molar-refractivity contribution in [1.82, 2.24) is 10.2 Å². The summed E-state index contributed by atoms with van der Waals surface area (Å²) in [6, 6.07) is 10.3. The predicted octanol–water partition coefficient (Wildman–Crippen LogP) is 1.31. The number of Topliss-reactive ketones (excluding diaryl/α,β-unsaturated/α-hetero) is 1. The number of phenols is 1. The molecule has 258 valence electrons. The molecule has 7 N–H and O–H groups in total. The fourth-order valence-electron chi connectivity index (χ4n) is 7.29. The van der Waals surface area contributed by atoms with Crippen LogP contribution in [-0.4, -0.2) is 111 Å². The number of phenolic OH excluding ortho intramolecular Hbond substituents is 1. The van der Waals surface area contributed by atoms with Gasteiger partial charge in [-0.15, -0.1) is 0 Å². The van der Waals surface area contributed by atoms with E-state index < -0.39 is 54.9 Å². The molecule has 1 saturated carbocycles. The van der Waals surface area contributed by atoms with E-state index in [1.807, 2.05) is 19.2 Å². The predicted molar refractivity (Wildman–Crippen MR) is 172 cm³/mol. The van der Waals surface area contributed by atoms with Crippen molar-refractivity contribution in [3.63, 3.8) is 0 Å². The first-order valence-electron chi connectivity index (χ1n) is 16.1. The van der Waals surface area contributed by atoms with Crippen LogP contribution >= 0.6 is 0 Å². The number of aromatic hydroxyl groups is 1. The number of methoxy groups -OCH3 is 1. The largest absolute Gasteiger partial charge is 0.506 e. The van der Waals surface area contributed by atoms with Crippen LogP contribution in [0.15, 0.2) is 36.4 Å². The van der Waals surface area contributed by atoms with Gasteiger partial charge < -0.3 is 55.1 Å². The quantitative estimate of drug-likeness (QED) is 0.145. The summed E-state index contributed by atoms with van der Waals surface area (Å²) in [5, 5.41) is 67.7. The fraction of sp³-hybridized carbons (Fsp3) is 0.486. The van der Waals surface area contributed by atoms with Gasteiger partial charge >= 0.3 is 0 Å². The molecule has 0 aromatic heterocycles. The smallest absolute Gasteiger partial charge is 0.254 e. The molecule has 6 rings (SSSR count). The number of aliphatic hydroxyl groups is 5. The molecule has 3 aromatic carbocycles. The van der Waals surface area contributed by atoms with Gasteiger partial charge in [0.25, 0.3) is 5.91 Å². The van der Waals surface area contributed by atoms with Crippen molar-refractivity contribution in [2.75, 3.05) is 33.9 Å². The Hall–Kier alpha value is -3.82. The van der Waals surface area contributed by atoms with Crippen LogP contribution in [0.3, 0.4) is 0 Å². The van der Waals surface area contributed by atoms with Crippen molar-refractivity contribution >= 4 is 22.5 Å². The molecule has 1 saturated heterocycles. The number of nitrogens with zero attached hydrogens (tertiary/aromatic N) is 1. The molecule has 3 aromatic rings. The van der Waals surface area contributed by atoms with Gasteiger partial charge in [-0.1, -0.05) is 25.0 Å². The van der Waals surface area contributed by atoms with E-state index in [0.29, 0.717) is 28.8 Å². The summed E-state index contributed by atoms with van der Waals surface area (Å²) in [7, 11) is 3.25. The molecule has 2 heterocycles. The maximum Gasteiger partial charge on any atom is 0.254 e. The Kier molecular flexibility index (Phi) is 9.64. The highest BCUT2D eigenvalue weighted by Crippen LogP contribution is 2.47. The van der Waals surface area contributed by atoms with Gasteiger partial charge in [0.2, 0.25) is 6.29 Å². The molecular formula is C35H42N2O11. The first kappa shape index (κ1) is 34.1. The summed E-state index contributed by atoms with van der Waals surface area (Å²) in [5.41, 5.74) is 0.507. The molecule has 13 nitrogen and oxygen atoms in total. The molecule has 5 atom stereocenters. The minimum absolute atomic E-state index is 0.0216. The van der Waals surface area contributed by atoms with Crippen LogP contribution < -0.4 is 14.8 Å². The van der Waals surface area contributed by atoms with E-state index >= 15 is 0 Å². The number of fused-ring (bicyclic) bond motifs is 2. The second kappa shape index (κ2) is 13.6. The molecule has 0 radical (unpaired) electrons. The van der Waals surface area contributed by atoms with Crippen LogP contribution in [0.2, 0.25) is 0 Å². The molecule has 1 amide bonds. The third kappa shape index (κ3) is 5.79. The highest BCUT2D eigenvalue weighted by molar-refractivity contribution is 6.11. The first-order valence-corrected chi connectivity index (χ1v) is 16.1. The first-order chi connectivity index (χ1) is 23.1. The second-order valence-electron chi connectivity index (χ2n) is 12.8. The normalized spacial score (nSPS) is 25.9. The Bertz CT molecular complexity index is 1710. The van der Waals surface area contributed by atoms with Crippen LogP contribution in [0.5, 0.6) is 17.2 Å². The van der Waals surface area contributed by atoms with E-state index in [4.69, 9.17) is 14.2 Å². The van der Waals surface area contributed by atoms with Gasteiger partial charge in [-0.3, -0.25) is 9.59 Å². The van der Waals surface area contributed by atoms with Gasteiger partial charge in [-0.2, -0.15) is 0 Å². The number of amides is 1. The summed E-state index contributed by atoms with van der Waals surface area (Å²) < 4.78 is 17.1. The lowest BCUT2D eigenvalue weighted by atomic mass is 9.86. The fourth-order valence-corrected chi connectivity index (χ4v) is 7.29. The van der Waals surface area contributed by atoms with Gasteiger partial charge in [0.1, 0.15) is 35.6 Å². The van der Waals surface area contributed by atoms with E-state index in [2.05, 4.69) is 5.32 Å². The highest BCUT2D eigenvalue weighted by atomic mass is 16.7. The molecule has 5 unspecified atom stereocenters. The lowest BCUT2D eigenvalue weighted by Crippen LogP contribution is -2.69. The average Bonchev–Trinajstić information content (AvgIpc) is 3.73. The number of benzene rings is 3. The van der Waals surface area contributed by atoms with Crippen LogP contribution in [0.1, 0.15) is 69.0 Å². The van der Waals surface area contributed by atoms with Crippen molar-refractivity contribution in [3.05, 3.63) is 64.2 Å². The minimum Gasteiger partial charge on any atom is -0.506 e. The van der Waals surface area contributed by atoms with E-state index in [9.17, 15) is 40.2 Å². The van der Waals surface area contributed by atoms with E-state index in [1.165, 1.54) is 18.1 Å². The molecule has 1 aliphatic carbocycles. The Morgan fingerprint density at radius 1 is 1.15 bits per heavy atom. The third-order valence-corrected chi connectivity index (χ3v) is 9.92. The Balaban J connectivity index is 1.43. The van der Waals surface area contributed by atoms with E-state index in [0.717, 1.165) is 36.8 Å².